The zero-order chi connectivity index (χ0) is 19.6. The van der Waals surface area contributed by atoms with Crippen LogP contribution < -0.4 is 5.32 Å². The topological polar surface area (TPSA) is 72.2 Å². The van der Waals surface area contributed by atoms with Gasteiger partial charge >= 0.3 is 0 Å². The highest BCUT2D eigenvalue weighted by Crippen LogP contribution is 2.61. The molecule has 0 radical (unpaired) electrons. The number of nitrogens with zero attached hydrogens (tertiary/aromatic N) is 1. The van der Waals surface area contributed by atoms with Crippen LogP contribution in [-0.2, 0) is 0 Å². The van der Waals surface area contributed by atoms with E-state index in [-0.39, 0.29) is 23.1 Å². The normalized spacial score (nSPS) is 31.9. The Balaban J connectivity index is 1.42. The minimum absolute atomic E-state index is 0.00224. The first-order valence-corrected chi connectivity index (χ1v) is 11.2. The summed E-state index contributed by atoms with van der Waals surface area (Å²) in [7, 11) is 0. The summed E-state index contributed by atoms with van der Waals surface area (Å²) in [4.78, 5) is 24.3. The fraction of sp³-hybridized carbons (Fsp3) is 0.571. The first kappa shape index (κ1) is 18.4. The second-order valence-corrected chi connectivity index (χ2v) is 10.5. The van der Waals surface area contributed by atoms with Crippen LogP contribution in [0.5, 0.6) is 0 Å². The van der Waals surface area contributed by atoms with Crippen molar-refractivity contribution >= 4 is 44.6 Å². The standard InChI is InChI=1S/C21H23ClN2O3S/c1-11(21-8-12-5-13(9-21)7-14(6-12)10-21)23-20(25)19-17(22)15-3-2-4-16(24(26)27)18(15)28-19/h2-4,11-14H,5-10H2,1H3,(H,23,25)/t11-,12?,13?,14?,21?/m1/s1. The number of nitro groups is 1. The Bertz CT molecular complexity index is 950. The number of nitrogens with one attached hydrogen (secondary N) is 1. The highest BCUT2D eigenvalue weighted by Gasteiger charge is 2.53. The number of carbonyl (C=O) groups excluding carboxylic acids is 1. The summed E-state index contributed by atoms with van der Waals surface area (Å²) in [5.41, 5.74) is 0.206. The third kappa shape index (κ3) is 2.76. The van der Waals surface area contributed by atoms with Crippen LogP contribution in [0.4, 0.5) is 5.69 Å². The summed E-state index contributed by atoms with van der Waals surface area (Å²) in [6.45, 7) is 2.13. The minimum Gasteiger partial charge on any atom is -0.348 e. The van der Waals surface area contributed by atoms with E-state index in [9.17, 15) is 14.9 Å². The van der Waals surface area contributed by atoms with E-state index in [1.165, 1.54) is 44.6 Å². The smallest absolute Gasteiger partial charge is 0.287 e. The maximum atomic E-state index is 13.1. The number of rotatable bonds is 4. The van der Waals surface area contributed by atoms with Gasteiger partial charge in [0.25, 0.3) is 11.6 Å². The molecule has 1 heterocycles. The van der Waals surface area contributed by atoms with Gasteiger partial charge in [-0.15, -0.1) is 11.3 Å². The average molecular weight is 419 g/mol. The number of hydrogen-bond acceptors (Lipinski definition) is 4. The molecule has 7 heteroatoms. The van der Waals surface area contributed by atoms with Gasteiger partial charge in [0, 0.05) is 17.5 Å². The molecule has 1 aromatic heterocycles. The molecule has 4 saturated carbocycles. The Morgan fingerprint density at radius 3 is 2.43 bits per heavy atom. The van der Waals surface area contributed by atoms with Gasteiger partial charge in [-0.05, 0) is 68.6 Å². The lowest BCUT2D eigenvalue weighted by Gasteiger charge is -2.59. The van der Waals surface area contributed by atoms with E-state index in [4.69, 9.17) is 11.6 Å². The molecule has 4 aliphatic carbocycles. The maximum absolute atomic E-state index is 13.1. The van der Waals surface area contributed by atoms with Gasteiger partial charge in [-0.3, -0.25) is 14.9 Å². The van der Waals surface area contributed by atoms with Crippen molar-refractivity contribution in [2.75, 3.05) is 0 Å². The van der Waals surface area contributed by atoms with Crippen LogP contribution in [0.3, 0.4) is 0 Å². The average Bonchev–Trinajstić information content (AvgIpc) is 2.97. The highest BCUT2D eigenvalue weighted by atomic mass is 35.5. The summed E-state index contributed by atoms with van der Waals surface area (Å²) in [6, 6.07) is 4.89. The molecule has 1 N–H and O–H groups in total. The summed E-state index contributed by atoms with van der Waals surface area (Å²) in [6.07, 6.45) is 7.74. The zero-order valence-corrected chi connectivity index (χ0v) is 17.3. The Hall–Kier alpha value is -1.66. The van der Waals surface area contributed by atoms with E-state index in [0.29, 0.717) is 20.0 Å². The molecular weight excluding hydrogens is 396 g/mol. The van der Waals surface area contributed by atoms with Crippen LogP contribution in [-0.4, -0.2) is 16.9 Å². The van der Waals surface area contributed by atoms with E-state index < -0.39 is 4.92 Å². The van der Waals surface area contributed by atoms with Crippen LogP contribution in [0.15, 0.2) is 18.2 Å². The van der Waals surface area contributed by atoms with E-state index in [1.807, 2.05) is 0 Å². The van der Waals surface area contributed by atoms with Crippen LogP contribution in [0.2, 0.25) is 5.02 Å². The molecule has 0 saturated heterocycles. The number of amides is 1. The van der Waals surface area contributed by atoms with Crippen molar-refractivity contribution in [3.8, 4) is 0 Å². The number of fused-ring (bicyclic) bond motifs is 1. The van der Waals surface area contributed by atoms with Gasteiger partial charge < -0.3 is 5.32 Å². The van der Waals surface area contributed by atoms with Crippen molar-refractivity contribution in [3.63, 3.8) is 0 Å². The Morgan fingerprint density at radius 2 is 1.86 bits per heavy atom. The molecule has 0 unspecified atom stereocenters. The Kier molecular flexibility index (Phi) is 4.22. The maximum Gasteiger partial charge on any atom is 0.287 e. The molecular formula is C21H23ClN2O3S. The van der Waals surface area contributed by atoms with Crippen LogP contribution in [0, 0.1) is 33.3 Å². The lowest BCUT2D eigenvalue weighted by Crippen LogP contribution is -2.55. The summed E-state index contributed by atoms with van der Waals surface area (Å²) >= 11 is 7.58. The van der Waals surface area contributed by atoms with Gasteiger partial charge in [-0.25, -0.2) is 0 Å². The largest absolute Gasteiger partial charge is 0.348 e. The molecule has 4 bridgehead atoms. The van der Waals surface area contributed by atoms with Crippen molar-refractivity contribution in [2.45, 2.75) is 51.5 Å². The molecule has 28 heavy (non-hydrogen) atoms. The molecule has 1 atom stereocenters. The quantitative estimate of drug-likeness (QED) is 0.503. The van der Waals surface area contributed by atoms with Gasteiger partial charge in [-0.1, -0.05) is 23.7 Å². The van der Waals surface area contributed by atoms with E-state index in [0.717, 1.165) is 29.1 Å². The Morgan fingerprint density at radius 1 is 1.25 bits per heavy atom. The number of nitro benzene ring substituents is 1. The molecule has 0 aliphatic heterocycles. The van der Waals surface area contributed by atoms with E-state index in [1.54, 1.807) is 12.1 Å². The lowest BCUT2D eigenvalue weighted by atomic mass is 9.48. The zero-order valence-electron chi connectivity index (χ0n) is 15.7. The molecule has 5 nitrogen and oxygen atoms in total. The second-order valence-electron chi connectivity index (χ2n) is 9.13. The number of carbonyl (C=O) groups is 1. The van der Waals surface area contributed by atoms with Crippen LogP contribution in [0.25, 0.3) is 10.1 Å². The summed E-state index contributed by atoms with van der Waals surface area (Å²) in [5, 5.41) is 15.4. The van der Waals surface area contributed by atoms with E-state index >= 15 is 0 Å². The van der Waals surface area contributed by atoms with Crippen molar-refractivity contribution in [1.29, 1.82) is 0 Å². The van der Waals surface area contributed by atoms with Gasteiger partial charge in [0.15, 0.2) is 0 Å². The highest BCUT2D eigenvalue weighted by molar-refractivity contribution is 7.22. The fourth-order valence-corrected chi connectivity index (χ4v) is 7.98. The first-order valence-electron chi connectivity index (χ1n) is 10.0. The van der Waals surface area contributed by atoms with Crippen LogP contribution in [0.1, 0.15) is 55.1 Å². The first-order chi connectivity index (χ1) is 13.4. The summed E-state index contributed by atoms with van der Waals surface area (Å²) < 4.78 is 0.463. The molecule has 148 valence electrons. The fourth-order valence-electron chi connectivity index (χ4n) is 6.49. The van der Waals surface area contributed by atoms with Crippen molar-refractivity contribution < 1.29 is 9.72 Å². The molecule has 0 spiro atoms. The SMILES string of the molecule is C[C@@H](NC(=O)c1sc2c([N+](=O)[O-])cccc2c1Cl)C12CC3CC(CC(C3)C1)C2. The number of non-ortho nitro benzene ring substituents is 1. The molecule has 1 aromatic carbocycles. The van der Waals surface area contributed by atoms with Gasteiger partial charge in [0.05, 0.1) is 9.95 Å². The number of hydrogen-bond donors (Lipinski definition) is 1. The second kappa shape index (κ2) is 6.42. The number of thiophene rings is 1. The number of benzene rings is 1. The predicted octanol–water partition coefficient (Wildman–Crippen LogP) is 5.80. The van der Waals surface area contributed by atoms with Crippen molar-refractivity contribution in [2.24, 2.45) is 23.2 Å². The number of halogens is 1. The molecule has 2 aromatic rings. The minimum atomic E-state index is -0.422. The van der Waals surface area contributed by atoms with Crippen LogP contribution >= 0.6 is 22.9 Å². The van der Waals surface area contributed by atoms with Crippen molar-refractivity contribution in [3.05, 3.63) is 38.2 Å². The van der Waals surface area contributed by atoms with Gasteiger partial charge in [-0.2, -0.15) is 0 Å². The summed E-state index contributed by atoms with van der Waals surface area (Å²) in [5.74, 6) is 2.26. The lowest BCUT2D eigenvalue weighted by molar-refractivity contribution is -0.382. The van der Waals surface area contributed by atoms with E-state index in [2.05, 4.69) is 12.2 Å². The molecule has 4 fully saturated rings. The molecule has 4 aliphatic rings. The third-order valence-corrected chi connectivity index (χ3v) is 9.12. The van der Waals surface area contributed by atoms with Gasteiger partial charge in [0.2, 0.25) is 0 Å². The van der Waals surface area contributed by atoms with Crippen molar-refractivity contribution in [1.82, 2.24) is 5.32 Å². The molecule has 1 amide bonds. The predicted molar refractivity (Wildman–Crippen MR) is 111 cm³/mol. The monoisotopic (exact) mass is 418 g/mol. The molecule has 6 rings (SSSR count). The Labute approximate surface area is 172 Å². The van der Waals surface area contributed by atoms with Gasteiger partial charge in [0.1, 0.15) is 9.58 Å². The third-order valence-electron chi connectivity index (χ3n) is 7.39.